The molecule has 0 aliphatic rings. The van der Waals surface area contributed by atoms with Gasteiger partial charge in [-0.1, -0.05) is 0 Å². The van der Waals surface area contributed by atoms with Crippen molar-refractivity contribution in [2.75, 3.05) is 21.3 Å². The van der Waals surface area contributed by atoms with Gasteiger partial charge in [0.15, 0.2) is 0 Å². The first-order chi connectivity index (χ1) is 15.3. The lowest BCUT2D eigenvalue weighted by Crippen LogP contribution is -2.19. The number of nitrogens with one attached hydrogen (secondary N) is 1. The molecule has 3 aromatic rings. The molecule has 1 aromatic heterocycles. The van der Waals surface area contributed by atoms with E-state index in [0.29, 0.717) is 34.1 Å². The van der Waals surface area contributed by atoms with E-state index in [1.807, 2.05) is 0 Å². The highest BCUT2D eigenvalue weighted by Crippen LogP contribution is 2.21. The number of carbonyl (C=O) groups is 2. The van der Waals surface area contributed by atoms with Gasteiger partial charge in [0.2, 0.25) is 0 Å². The lowest BCUT2D eigenvalue weighted by Gasteiger charge is -2.06. The van der Waals surface area contributed by atoms with Crippen molar-refractivity contribution >= 4 is 23.3 Å². The minimum atomic E-state index is -0.621. The van der Waals surface area contributed by atoms with Crippen LogP contribution in [0.25, 0.3) is 5.69 Å². The van der Waals surface area contributed by atoms with Crippen molar-refractivity contribution < 1.29 is 23.8 Å². The van der Waals surface area contributed by atoms with Gasteiger partial charge in [0.05, 0.1) is 55.1 Å². The molecule has 32 heavy (non-hydrogen) atoms. The van der Waals surface area contributed by atoms with Crippen LogP contribution < -0.4 is 10.3 Å². The normalized spacial score (nSPS) is 11.2. The van der Waals surface area contributed by atoms with E-state index in [4.69, 9.17) is 14.2 Å². The third-order valence-corrected chi connectivity index (χ3v) is 4.82. The predicted molar refractivity (Wildman–Crippen MR) is 119 cm³/mol. The Bertz CT molecular complexity index is 1220. The minimum Gasteiger partial charge on any atom is -0.497 e. The molecule has 3 rings (SSSR count). The van der Waals surface area contributed by atoms with Gasteiger partial charge in [-0.05, 0) is 56.3 Å². The molecule has 9 heteroatoms. The Morgan fingerprint density at radius 1 is 0.938 bits per heavy atom. The van der Waals surface area contributed by atoms with Gasteiger partial charge in [-0.25, -0.2) is 14.3 Å². The second-order valence-electron chi connectivity index (χ2n) is 6.90. The molecule has 0 spiro atoms. The van der Waals surface area contributed by atoms with E-state index in [1.54, 1.807) is 45.2 Å². The Hall–Kier alpha value is -4.14. The molecular formula is C23H23N3O6. The van der Waals surface area contributed by atoms with Gasteiger partial charge in [-0.2, -0.15) is 0 Å². The van der Waals surface area contributed by atoms with Crippen molar-refractivity contribution in [3.8, 4) is 11.4 Å². The van der Waals surface area contributed by atoms with Gasteiger partial charge in [0.25, 0.3) is 5.56 Å². The van der Waals surface area contributed by atoms with Crippen LogP contribution in [0.2, 0.25) is 0 Å². The number of aliphatic imine (C=N–C) groups is 1. The smallest absolute Gasteiger partial charge is 0.337 e. The zero-order valence-electron chi connectivity index (χ0n) is 18.4. The van der Waals surface area contributed by atoms with Crippen molar-refractivity contribution in [2.45, 2.75) is 13.8 Å². The summed E-state index contributed by atoms with van der Waals surface area (Å²) in [7, 11) is 4.05. The summed E-state index contributed by atoms with van der Waals surface area (Å²) in [6, 6.07) is 11.3. The molecule has 2 aromatic carbocycles. The number of methoxy groups -OCH3 is 3. The van der Waals surface area contributed by atoms with Crippen molar-refractivity contribution in [1.82, 2.24) is 9.78 Å². The van der Waals surface area contributed by atoms with Crippen LogP contribution in [0.5, 0.6) is 5.75 Å². The fourth-order valence-electron chi connectivity index (χ4n) is 3.28. The first-order valence-corrected chi connectivity index (χ1v) is 9.62. The Labute approximate surface area is 184 Å². The zero-order valence-corrected chi connectivity index (χ0v) is 18.4. The second-order valence-corrected chi connectivity index (χ2v) is 6.90. The number of hydrogen-bond donors (Lipinski definition) is 1. The quantitative estimate of drug-likeness (QED) is 0.468. The summed E-state index contributed by atoms with van der Waals surface area (Å²) in [5.74, 6) is -0.566. The molecular weight excluding hydrogens is 414 g/mol. The summed E-state index contributed by atoms with van der Waals surface area (Å²) < 4.78 is 16.1. The predicted octanol–water partition coefficient (Wildman–Crippen LogP) is 3.20. The zero-order chi connectivity index (χ0) is 23.4. The third kappa shape index (κ3) is 4.46. The number of benzene rings is 2. The summed E-state index contributed by atoms with van der Waals surface area (Å²) in [5.41, 5.74) is 2.35. The molecule has 0 aliphatic heterocycles. The first kappa shape index (κ1) is 22.5. The molecule has 9 nitrogen and oxygen atoms in total. The maximum absolute atomic E-state index is 13.1. The van der Waals surface area contributed by atoms with Crippen molar-refractivity contribution in [3.63, 3.8) is 0 Å². The number of hydrogen-bond acceptors (Lipinski definition) is 7. The first-order valence-electron chi connectivity index (χ1n) is 9.62. The highest BCUT2D eigenvalue weighted by Gasteiger charge is 2.17. The fraction of sp³-hybridized carbons (Fsp3) is 0.217. The monoisotopic (exact) mass is 437 g/mol. The molecule has 0 amide bonds. The molecule has 0 unspecified atom stereocenters. The summed E-state index contributed by atoms with van der Waals surface area (Å²) in [5, 5.41) is 3.05. The SMILES string of the molecule is COC(=O)c1cc(N=C(C)c2c(C)[nH]n(-c3ccc(OC)cc3)c2=O)cc(C(=O)OC)c1. The number of nitrogens with zero attached hydrogens (tertiary/aromatic N) is 2. The summed E-state index contributed by atoms with van der Waals surface area (Å²) in [4.78, 5) is 41.6. The summed E-state index contributed by atoms with van der Waals surface area (Å²) in [6.07, 6.45) is 0. The molecule has 1 heterocycles. The number of aromatic amines is 1. The van der Waals surface area contributed by atoms with E-state index < -0.39 is 11.9 Å². The Kier molecular flexibility index (Phi) is 6.58. The van der Waals surface area contributed by atoms with E-state index in [2.05, 4.69) is 10.1 Å². The summed E-state index contributed by atoms with van der Waals surface area (Å²) in [6.45, 7) is 3.44. The number of ether oxygens (including phenoxy) is 3. The number of carbonyl (C=O) groups excluding carboxylic acids is 2. The van der Waals surface area contributed by atoms with E-state index in [1.165, 1.54) is 37.1 Å². The van der Waals surface area contributed by atoms with Crippen LogP contribution in [0.3, 0.4) is 0 Å². The number of aromatic nitrogens is 2. The van der Waals surface area contributed by atoms with Crippen LogP contribution in [-0.4, -0.2) is 48.8 Å². The minimum absolute atomic E-state index is 0.142. The van der Waals surface area contributed by atoms with Crippen LogP contribution in [0.4, 0.5) is 5.69 Å². The Balaban J connectivity index is 2.07. The van der Waals surface area contributed by atoms with E-state index >= 15 is 0 Å². The van der Waals surface area contributed by atoms with Crippen LogP contribution >= 0.6 is 0 Å². The van der Waals surface area contributed by atoms with Crippen molar-refractivity contribution in [3.05, 3.63) is 75.2 Å². The van der Waals surface area contributed by atoms with Crippen LogP contribution in [0, 0.1) is 6.92 Å². The van der Waals surface area contributed by atoms with E-state index in [-0.39, 0.29) is 16.7 Å². The van der Waals surface area contributed by atoms with Gasteiger partial charge in [0, 0.05) is 5.69 Å². The third-order valence-electron chi connectivity index (χ3n) is 4.82. The van der Waals surface area contributed by atoms with Crippen LogP contribution in [0.1, 0.15) is 38.9 Å². The molecule has 0 bridgehead atoms. The molecule has 166 valence electrons. The van der Waals surface area contributed by atoms with Crippen molar-refractivity contribution in [2.24, 2.45) is 4.99 Å². The lowest BCUT2D eigenvalue weighted by atomic mass is 10.1. The van der Waals surface area contributed by atoms with E-state index in [9.17, 15) is 14.4 Å². The van der Waals surface area contributed by atoms with Gasteiger partial charge < -0.3 is 14.2 Å². The highest BCUT2D eigenvalue weighted by molar-refractivity contribution is 6.02. The molecule has 0 radical (unpaired) electrons. The van der Waals surface area contributed by atoms with Crippen molar-refractivity contribution in [1.29, 1.82) is 0 Å². The van der Waals surface area contributed by atoms with Gasteiger partial charge >= 0.3 is 11.9 Å². The average Bonchev–Trinajstić information content (AvgIpc) is 3.11. The molecule has 0 aliphatic carbocycles. The fourth-order valence-corrected chi connectivity index (χ4v) is 3.28. The number of esters is 2. The number of H-pyrrole nitrogens is 1. The number of aryl methyl sites for hydroxylation is 1. The van der Waals surface area contributed by atoms with Gasteiger partial charge in [-0.3, -0.25) is 14.9 Å². The highest BCUT2D eigenvalue weighted by atomic mass is 16.5. The van der Waals surface area contributed by atoms with Gasteiger partial charge in [-0.15, -0.1) is 0 Å². The largest absolute Gasteiger partial charge is 0.497 e. The molecule has 0 atom stereocenters. The van der Waals surface area contributed by atoms with E-state index in [0.717, 1.165) is 0 Å². The maximum atomic E-state index is 13.1. The average molecular weight is 437 g/mol. The molecule has 0 saturated heterocycles. The molecule has 1 N–H and O–H groups in total. The molecule has 0 fully saturated rings. The molecule has 0 saturated carbocycles. The van der Waals surface area contributed by atoms with Gasteiger partial charge in [0.1, 0.15) is 5.75 Å². The summed E-state index contributed by atoms with van der Waals surface area (Å²) >= 11 is 0. The van der Waals surface area contributed by atoms with Crippen LogP contribution in [0.15, 0.2) is 52.3 Å². The van der Waals surface area contributed by atoms with Crippen LogP contribution in [-0.2, 0) is 9.47 Å². The Morgan fingerprint density at radius 3 is 2.00 bits per heavy atom. The maximum Gasteiger partial charge on any atom is 0.337 e. The standard InChI is InChI=1S/C23H23N3O6/c1-13(24-17-11-15(22(28)31-4)10-16(12-17)23(29)32-5)20-14(2)25-26(21(20)27)18-6-8-19(30-3)9-7-18/h6-12,25H,1-5H3. The lowest BCUT2D eigenvalue weighted by molar-refractivity contribution is 0.0599. The second kappa shape index (κ2) is 9.34. The number of rotatable bonds is 6. The Morgan fingerprint density at radius 2 is 1.50 bits per heavy atom. The topological polar surface area (TPSA) is 112 Å².